The maximum atomic E-state index is 10.6. The van der Waals surface area contributed by atoms with Gasteiger partial charge in [-0.3, -0.25) is 0 Å². The third-order valence-electron chi connectivity index (χ3n) is 0.656. The van der Waals surface area contributed by atoms with E-state index in [0.29, 0.717) is 6.42 Å². The molecule has 0 rings (SSSR count). The van der Waals surface area contributed by atoms with Crippen molar-refractivity contribution in [3.63, 3.8) is 0 Å². The van der Waals surface area contributed by atoms with E-state index < -0.39 is 12.1 Å². The average molecular weight is 198 g/mol. The number of alkyl halides is 3. The molecular formula is C6H9F3N2O2. The van der Waals surface area contributed by atoms with Crippen LogP contribution in [0.5, 0.6) is 0 Å². The Morgan fingerprint density at radius 2 is 2.00 bits per heavy atom. The first-order valence-electron chi connectivity index (χ1n) is 3.14. The first kappa shape index (κ1) is 14.2. The van der Waals surface area contributed by atoms with Gasteiger partial charge in [-0.15, -0.1) is 0 Å². The minimum atomic E-state index is -5.08. The summed E-state index contributed by atoms with van der Waals surface area (Å²) in [5, 5.41) is 15.0. The number of carboxylic acid groups (broad SMARTS) is 1. The normalized spacial score (nSPS) is 12.0. The second-order valence-electron chi connectivity index (χ2n) is 2.14. The summed E-state index contributed by atoms with van der Waals surface area (Å²) in [4.78, 5) is 8.90. The van der Waals surface area contributed by atoms with Crippen LogP contribution in [0.2, 0.25) is 0 Å². The number of halogens is 3. The van der Waals surface area contributed by atoms with Gasteiger partial charge in [0.25, 0.3) is 0 Å². The third kappa shape index (κ3) is 13.7. The zero-order chi connectivity index (χ0) is 11.1. The van der Waals surface area contributed by atoms with Crippen LogP contribution in [0.25, 0.3) is 0 Å². The predicted molar refractivity (Wildman–Crippen MR) is 37.6 cm³/mol. The van der Waals surface area contributed by atoms with Crippen LogP contribution in [0.1, 0.15) is 13.3 Å². The molecule has 0 saturated heterocycles. The fraction of sp³-hybridized carbons (Fsp3) is 0.667. The molecule has 0 aliphatic rings. The molecule has 0 aliphatic carbocycles. The van der Waals surface area contributed by atoms with Gasteiger partial charge in [-0.25, -0.2) is 4.79 Å². The van der Waals surface area contributed by atoms with E-state index in [-0.39, 0.29) is 6.04 Å². The fourth-order valence-corrected chi connectivity index (χ4v) is 0.144. The van der Waals surface area contributed by atoms with Crippen LogP contribution in [-0.2, 0) is 4.79 Å². The summed E-state index contributed by atoms with van der Waals surface area (Å²) in [5.41, 5.74) is 5.18. The van der Waals surface area contributed by atoms with Crippen molar-refractivity contribution in [2.45, 2.75) is 25.6 Å². The van der Waals surface area contributed by atoms with Crippen molar-refractivity contribution in [1.29, 1.82) is 5.26 Å². The van der Waals surface area contributed by atoms with E-state index in [1.54, 1.807) is 0 Å². The number of aliphatic carboxylic acids is 1. The van der Waals surface area contributed by atoms with Crippen LogP contribution >= 0.6 is 0 Å². The van der Waals surface area contributed by atoms with Crippen molar-refractivity contribution >= 4 is 5.97 Å². The van der Waals surface area contributed by atoms with Crippen molar-refractivity contribution in [2.75, 3.05) is 0 Å². The van der Waals surface area contributed by atoms with E-state index in [0.717, 1.165) is 0 Å². The Bertz CT molecular complexity index is 195. The highest BCUT2D eigenvalue weighted by Crippen LogP contribution is 2.13. The molecule has 0 fully saturated rings. The fourth-order valence-electron chi connectivity index (χ4n) is 0.144. The zero-order valence-electron chi connectivity index (χ0n) is 6.80. The van der Waals surface area contributed by atoms with Gasteiger partial charge in [-0.1, -0.05) is 0 Å². The van der Waals surface area contributed by atoms with E-state index >= 15 is 0 Å². The zero-order valence-corrected chi connectivity index (χ0v) is 6.80. The van der Waals surface area contributed by atoms with Crippen LogP contribution in [0.15, 0.2) is 0 Å². The summed E-state index contributed by atoms with van der Waals surface area (Å²) < 4.78 is 31.7. The molecule has 1 atom stereocenters. The van der Waals surface area contributed by atoms with Crippen LogP contribution in [0.4, 0.5) is 13.2 Å². The van der Waals surface area contributed by atoms with Crippen molar-refractivity contribution in [3.8, 4) is 6.07 Å². The van der Waals surface area contributed by atoms with E-state index in [9.17, 15) is 13.2 Å². The van der Waals surface area contributed by atoms with Crippen molar-refractivity contribution in [1.82, 2.24) is 0 Å². The Hall–Kier alpha value is -1.29. The first-order chi connectivity index (χ1) is 5.71. The van der Waals surface area contributed by atoms with E-state index in [4.69, 9.17) is 20.9 Å². The van der Waals surface area contributed by atoms with Gasteiger partial charge in [-0.2, -0.15) is 18.4 Å². The van der Waals surface area contributed by atoms with Crippen molar-refractivity contribution in [2.24, 2.45) is 5.73 Å². The Kier molecular flexibility index (Phi) is 6.85. The van der Waals surface area contributed by atoms with E-state index in [2.05, 4.69) is 0 Å². The highest BCUT2D eigenvalue weighted by Gasteiger charge is 2.38. The minimum Gasteiger partial charge on any atom is -0.475 e. The summed E-state index contributed by atoms with van der Waals surface area (Å²) in [5.74, 6) is -2.76. The molecule has 13 heavy (non-hydrogen) atoms. The number of nitriles is 1. The number of nitrogens with two attached hydrogens (primary N) is 1. The second-order valence-corrected chi connectivity index (χ2v) is 2.14. The highest BCUT2D eigenvalue weighted by molar-refractivity contribution is 5.73. The Morgan fingerprint density at radius 3 is 2.00 bits per heavy atom. The SMILES string of the molecule is CC(N)CC#N.O=C(O)C(F)(F)F. The van der Waals surface area contributed by atoms with Crippen LogP contribution in [-0.4, -0.2) is 23.3 Å². The summed E-state index contributed by atoms with van der Waals surface area (Å²) in [6.45, 7) is 1.81. The van der Waals surface area contributed by atoms with Crippen LogP contribution < -0.4 is 5.73 Å². The van der Waals surface area contributed by atoms with Crippen LogP contribution in [0.3, 0.4) is 0 Å². The Labute approximate surface area is 72.8 Å². The van der Waals surface area contributed by atoms with Gasteiger partial charge < -0.3 is 10.8 Å². The van der Waals surface area contributed by atoms with Gasteiger partial charge >= 0.3 is 12.1 Å². The van der Waals surface area contributed by atoms with Gasteiger partial charge in [0.15, 0.2) is 0 Å². The number of hydrogen-bond acceptors (Lipinski definition) is 3. The minimum absolute atomic E-state index is 0.0370. The number of rotatable bonds is 1. The van der Waals surface area contributed by atoms with Gasteiger partial charge in [0, 0.05) is 12.5 Å². The lowest BCUT2D eigenvalue weighted by Crippen LogP contribution is -2.21. The first-order valence-corrected chi connectivity index (χ1v) is 3.14. The molecular weight excluding hydrogens is 189 g/mol. The average Bonchev–Trinajstić information content (AvgIpc) is 1.85. The molecule has 1 unspecified atom stereocenters. The number of carbonyl (C=O) groups is 1. The molecule has 0 aromatic carbocycles. The monoisotopic (exact) mass is 198 g/mol. The highest BCUT2D eigenvalue weighted by atomic mass is 19.4. The van der Waals surface area contributed by atoms with Gasteiger partial charge in [0.05, 0.1) is 6.07 Å². The van der Waals surface area contributed by atoms with Gasteiger partial charge in [0.1, 0.15) is 0 Å². The van der Waals surface area contributed by atoms with Crippen molar-refractivity contribution in [3.05, 3.63) is 0 Å². The molecule has 7 heteroatoms. The molecule has 0 radical (unpaired) electrons. The molecule has 0 aromatic rings. The maximum Gasteiger partial charge on any atom is 0.490 e. The summed E-state index contributed by atoms with van der Waals surface area (Å²) in [6.07, 6.45) is -4.62. The van der Waals surface area contributed by atoms with E-state index in [1.165, 1.54) is 0 Å². The molecule has 0 aliphatic heterocycles. The molecule has 0 spiro atoms. The largest absolute Gasteiger partial charge is 0.490 e. The third-order valence-corrected chi connectivity index (χ3v) is 0.656. The smallest absolute Gasteiger partial charge is 0.475 e. The molecule has 3 N–H and O–H groups in total. The lowest BCUT2D eigenvalue weighted by atomic mass is 10.3. The number of carboxylic acids is 1. The Morgan fingerprint density at radius 1 is 1.69 bits per heavy atom. The van der Waals surface area contributed by atoms with Crippen LogP contribution in [0, 0.1) is 11.3 Å². The molecule has 0 saturated carbocycles. The predicted octanol–water partition coefficient (Wildman–Crippen LogP) is 0.881. The second kappa shape index (κ2) is 6.25. The van der Waals surface area contributed by atoms with E-state index in [1.807, 2.05) is 13.0 Å². The lowest BCUT2D eigenvalue weighted by Gasteiger charge is -1.93. The molecule has 76 valence electrons. The van der Waals surface area contributed by atoms with Crippen molar-refractivity contribution < 1.29 is 23.1 Å². The lowest BCUT2D eigenvalue weighted by molar-refractivity contribution is -0.192. The molecule has 0 aromatic heterocycles. The van der Waals surface area contributed by atoms with Gasteiger partial charge in [0.2, 0.25) is 0 Å². The molecule has 0 amide bonds. The molecule has 0 heterocycles. The number of nitrogens with zero attached hydrogens (tertiary/aromatic N) is 1. The topological polar surface area (TPSA) is 87.1 Å². The number of hydrogen-bond donors (Lipinski definition) is 2. The summed E-state index contributed by atoms with van der Waals surface area (Å²) >= 11 is 0. The molecule has 0 bridgehead atoms. The quantitative estimate of drug-likeness (QED) is 0.654. The standard InChI is InChI=1S/C4H8N2.C2HF3O2/c1-4(6)2-3-5;3-2(4,5)1(6)7/h4H,2,6H2,1H3;(H,6,7). The summed E-state index contributed by atoms with van der Waals surface area (Å²) in [6, 6.07) is 1.98. The van der Waals surface area contributed by atoms with Gasteiger partial charge in [-0.05, 0) is 6.92 Å². The molecule has 4 nitrogen and oxygen atoms in total. The summed E-state index contributed by atoms with van der Waals surface area (Å²) in [7, 11) is 0. The maximum absolute atomic E-state index is 10.6. The Balaban J connectivity index is 0.